The van der Waals surface area contributed by atoms with Gasteiger partial charge in [0, 0.05) is 16.5 Å². The van der Waals surface area contributed by atoms with Crippen LogP contribution < -0.4 is 4.90 Å². The highest BCUT2D eigenvalue weighted by molar-refractivity contribution is 6.23. The molecule has 7 nitrogen and oxygen atoms in total. The van der Waals surface area contributed by atoms with Crippen LogP contribution in [0.3, 0.4) is 0 Å². The first kappa shape index (κ1) is 27.0. The first-order valence-electron chi connectivity index (χ1n) is 14.6. The number of allylic oxidation sites excluding steroid dienone is 2. The van der Waals surface area contributed by atoms with Gasteiger partial charge in [-0.15, -0.1) is 0 Å². The number of hydrogen-bond acceptors (Lipinski definition) is 6. The van der Waals surface area contributed by atoms with Crippen LogP contribution >= 0.6 is 0 Å². The van der Waals surface area contributed by atoms with Crippen LogP contribution in [0, 0.1) is 30.6 Å². The average molecular weight is 571 g/mol. The van der Waals surface area contributed by atoms with Crippen LogP contribution in [0.25, 0.3) is 22.2 Å². The second-order valence-electron chi connectivity index (χ2n) is 11.9. The van der Waals surface area contributed by atoms with Crippen LogP contribution in [0.2, 0.25) is 0 Å². The third-order valence-electron chi connectivity index (χ3n) is 9.20. The molecule has 1 aromatic heterocycles. The van der Waals surface area contributed by atoms with Gasteiger partial charge in [-0.3, -0.25) is 19.3 Å². The Labute approximate surface area is 249 Å². The van der Waals surface area contributed by atoms with E-state index in [1.165, 1.54) is 10.5 Å². The molecule has 214 valence electrons. The number of rotatable bonds is 6. The fourth-order valence-corrected chi connectivity index (χ4v) is 7.08. The van der Waals surface area contributed by atoms with E-state index in [1.54, 1.807) is 61.5 Å². The summed E-state index contributed by atoms with van der Waals surface area (Å²) in [4.78, 5) is 59.3. The first-order chi connectivity index (χ1) is 20.7. The zero-order chi connectivity index (χ0) is 30.0. The van der Waals surface area contributed by atoms with E-state index in [0.717, 1.165) is 12.0 Å². The average Bonchev–Trinajstić information content (AvgIpc) is 3.66. The molecule has 3 aliphatic rings. The first-order valence-corrected chi connectivity index (χ1v) is 14.6. The van der Waals surface area contributed by atoms with Gasteiger partial charge in [-0.25, -0.2) is 9.78 Å². The molecular formula is C36H30N2O5. The Bertz CT molecular complexity index is 1860. The number of carbonyl (C=O) groups is 4. The van der Waals surface area contributed by atoms with Crippen molar-refractivity contribution in [2.75, 3.05) is 4.90 Å². The number of aryl methyl sites for hydroxylation is 1. The summed E-state index contributed by atoms with van der Waals surface area (Å²) in [5.74, 6) is -1.38. The van der Waals surface area contributed by atoms with Crippen molar-refractivity contribution in [3.8, 4) is 11.3 Å². The zero-order valence-corrected chi connectivity index (χ0v) is 24.1. The van der Waals surface area contributed by atoms with E-state index in [4.69, 9.17) is 9.72 Å². The van der Waals surface area contributed by atoms with E-state index >= 15 is 0 Å². The quantitative estimate of drug-likeness (QED) is 0.116. The van der Waals surface area contributed by atoms with Crippen molar-refractivity contribution in [2.24, 2.45) is 23.7 Å². The fourth-order valence-electron chi connectivity index (χ4n) is 7.08. The molecule has 1 saturated heterocycles. The van der Waals surface area contributed by atoms with Crippen molar-refractivity contribution in [1.29, 1.82) is 0 Å². The summed E-state index contributed by atoms with van der Waals surface area (Å²) in [6.45, 7) is 5.56. The third-order valence-corrected chi connectivity index (χ3v) is 9.20. The van der Waals surface area contributed by atoms with E-state index in [-0.39, 0.29) is 41.3 Å². The molecule has 1 saturated carbocycles. The fraction of sp³-hybridized carbons (Fsp3) is 0.250. The van der Waals surface area contributed by atoms with Crippen LogP contribution in [-0.2, 0) is 14.3 Å². The molecule has 2 fully saturated rings. The van der Waals surface area contributed by atoms with Gasteiger partial charge in [-0.05, 0) is 69.4 Å². The highest BCUT2D eigenvalue weighted by atomic mass is 16.5. The maximum atomic E-state index is 13.5. The molecule has 0 N–H and O–H groups in total. The summed E-state index contributed by atoms with van der Waals surface area (Å²) in [5, 5.41) is 0.628. The van der Waals surface area contributed by atoms with Crippen molar-refractivity contribution >= 4 is 40.2 Å². The number of fused-ring (bicyclic) bond motifs is 6. The lowest BCUT2D eigenvalue weighted by Gasteiger charge is -2.19. The number of pyridine rings is 1. The Morgan fingerprint density at radius 1 is 0.907 bits per heavy atom. The molecule has 5 atom stereocenters. The zero-order valence-electron chi connectivity index (χ0n) is 24.1. The summed E-state index contributed by atoms with van der Waals surface area (Å²) in [5.41, 5.74) is 5.34. The smallest absolute Gasteiger partial charge is 0.339 e. The van der Waals surface area contributed by atoms with Crippen molar-refractivity contribution in [3.63, 3.8) is 0 Å². The highest BCUT2D eigenvalue weighted by Crippen LogP contribution is 2.56. The molecule has 0 radical (unpaired) electrons. The minimum absolute atomic E-state index is 0.119. The third kappa shape index (κ3) is 4.38. The monoisotopic (exact) mass is 570 g/mol. The van der Waals surface area contributed by atoms with E-state index in [0.29, 0.717) is 39.0 Å². The minimum atomic E-state index is -0.977. The van der Waals surface area contributed by atoms with Crippen LogP contribution in [0.4, 0.5) is 5.69 Å². The predicted octanol–water partition coefficient (Wildman–Crippen LogP) is 6.34. The van der Waals surface area contributed by atoms with Gasteiger partial charge in [0.05, 0.1) is 34.3 Å². The second-order valence-corrected chi connectivity index (χ2v) is 11.9. The molecule has 1 aliphatic heterocycles. The lowest BCUT2D eigenvalue weighted by molar-refractivity contribution is -0.123. The van der Waals surface area contributed by atoms with Gasteiger partial charge in [0.2, 0.25) is 17.6 Å². The number of benzene rings is 3. The number of anilines is 1. The Balaban J connectivity index is 1.18. The van der Waals surface area contributed by atoms with Gasteiger partial charge in [0.1, 0.15) is 0 Å². The summed E-state index contributed by atoms with van der Waals surface area (Å²) in [7, 11) is 0. The van der Waals surface area contributed by atoms with Crippen LogP contribution in [0.5, 0.6) is 0 Å². The summed E-state index contributed by atoms with van der Waals surface area (Å²) in [6.07, 6.45) is 2.08. The molecule has 2 heterocycles. The topological polar surface area (TPSA) is 93.6 Å². The molecule has 2 bridgehead atoms. The van der Waals surface area contributed by atoms with Gasteiger partial charge in [0.15, 0.2) is 6.10 Å². The number of nitrogens with zero attached hydrogens (tertiary/aromatic N) is 2. The summed E-state index contributed by atoms with van der Waals surface area (Å²) in [6, 6.07) is 23.2. The minimum Gasteiger partial charge on any atom is -0.451 e. The SMILES string of the molecule is CC1=CC2CC1C1C(=O)N(c3ccc(-c4cc(C(=O)OC(C)C(=O)c5ccccc5)c5cc(C)ccc5n4)cc3)C(=O)C21. The van der Waals surface area contributed by atoms with E-state index in [1.807, 2.05) is 31.2 Å². The molecule has 3 aromatic carbocycles. The van der Waals surface area contributed by atoms with Crippen molar-refractivity contribution in [3.05, 3.63) is 107 Å². The standard InChI is InChI=1S/C36H30N2O5/c1-19-9-14-29-27(15-19)28(36(42)43-21(3)33(39)23-7-5-4-6-8-23)18-30(37-29)22-10-12-25(13-11-22)38-34(40)31-24-16-20(2)26(17-24)32(31)35(38)41/h4-16,18,21,24,26,31-32H,17H2,1-3H3. The summed E-state index contributed by atoms with van der Waals surface area (Å²) >= 11 is 0. The molecule has 0 spiro atoms. The van der Waals surface area contributed by atoms with Gasteiger partial charge in [-0.2, -0.15) is 0 Å². The van der Waals surface area contributed by atoms with Gasteiger partial charge < -0.3 is 4.74 Å². The molecule has 43 heavy (non-hydrogen) atoms. The molecule has 5 unspecified atom stereocenters. The van der Waals surface area contributed by atoms with E-state index < -0.39 is 12.1 Å². The Morgan fingerprint density at radius 3 is 2.37 bits per heavy atom. The number of esters is 1. The second kappa shape index (κ2) is 10.1. The number of imide groups is 1. The maximum absolute atomic E-state index is 13.5. The maximum Gasteiger partial charge on any atom is 0.339 e. The van der Waals surface area contributed by atoms with E-state index in [9.17, 15) is 19.2 Å². The van der Waals surface area contributed by atoms with Crippen molar-refractivity contribution < 1.29 is 23.9 Å². The highest BCUT2D eigenvalue weighted by Gasteiger charge is 2.60. The Hall–Kier alpha value is -4.91. The number of ketones is 1. The number of ether oxygens (including phenoxy) is 1. The molecule has 7 rings (SSSR count). The van der Waals surface area contributed by atoms with Crippen LogP contribution in [0.15, 0.2) is 90.5 Å². The summed E-state index contributed by atoms with van der Waals surface area (Å²) < 4.78 is 5.67. The number of Topliss-reactive ketones (excluding diaryl/α,β-unsaturated/α-hetero) is 1. The molecule has 2 aliphatic carbocycles. The number of amides is 2. The van der Waals surface area contributed by atoms with E-state index in [2.05, 4.69) is 13.0 Å². The van der Waals surface area contributed by atoms with Crippen molar-refractivity contribution in [1.82, 2.24) is 4.98 Å². The van der Waals surface area contributed by atoms with Crippen LogP contribution in [-0.4, -0.2) is 34.7 Å². The lowest BCUT2D eigenvalue weighted by atomic mass is 9.82. The van der Waals surface area contributed by atoms with Crippen LogP contribution in [0.1, 0.15) is 46.5 Å². The molecule has 4 aromatic rings. The number of aromatic nitrogens is 1. The molecule has 7 heteroatoms. The molecular weight excluding hydrogens is 540 g/mol. The normalized spacial score (nSPS) is 23.0. The number of carbonyl (C=O) groups excluding carboxylic acids is 4. The number of hydrogen-bond donors (Lipinski definition) is 0. The van der Waals surface area contributed by atoms with Gasteiger partial charge in [0.25, 0.3) is 0 Å². The molecule has 2 amide bonds. The Kier molecular flexibility index (Phi) is 6.34. The Morgan fingerprint density at radius 2 is 1.63 bits per heavy atom. The largest absolute Gasteiger partial charge is 0.451 e. The van der Waals surface area contributed by atoms with Crippen molar-refractivity contribution in [2.45, 2.75) is 33.3 Å². The van der Waals surface area contributed by atoms with Gasteiger partial charge >= 0.3 is 5.97 Å². The lowest BCUT2D eigenvalue weighted by Crippen LogP contribution is -2.32. The predicted molar refractivity (Wildman–Crippen MR) is 162 cm³/mol. The van der Waals surface area contributed by atoms with Gasteiger partial charge in [-0.1, -0.05) is 65.7 Å².